The molecule has 0 saturated carbocycles. The number of rotatable bonds is 0. The SMILES string of the molecule is CC(C)(C)[N]=[Ta].[CH2-]C.[CH2-]C.[CH2-]C.[NH-]C=O. The third-order valence-corrected chi connectivity index (χ3v) is 2.46. The molecule has 0 radical (unpaired) electrons. The summed E-state index contributed by atoms with van der Waals surface area (Å²) in [5.41, 5.74) is 5.74. The molecule has 0 atom stereocenters. The zero-order valence-corrected chi connectivity index (χ0v) is 14.2. The third kappa shape index (κ3) is 223. The second kappa shape index (κ2) is 37.0. The van der Waals surface area contributed by atoms with Gasteiger partial charge in [0, 0.05) is 6.41 Å². The van der Waals surface area contributed by atoms with E-state index in [9.17, 15) is 0 Å². The van der Waals surface area contributed by atoms with Crippen LogP contribution in [0.4, 0.5) is 0 Å². The Kier molecular flexibility index (Phi) is 72.4. The number of carbonyl (C=O) groups is 1. The van der Waals surface area contributed by atoms with E-state index < -0.39 is 0 Å². The maximum Gasteiger partial charge on any atom is 0.0344 e. The Bertz CT molecular complexity index is 91.1. The quantitative estimate of drug-likeness (QED) is 0.456. The van der Waals surface area contributed by atoms with Crippen LogP contribution >= 0.6 is 0 Å². The molecule has 0 aliphatic carbocycles. The number of nitrogens with one attached hydrogen (secondary N) is 1. The topological polar surface area (TPSA) is 53.2 Å². The van der Waals surface area contributed by atoms with Crippen molar-refractivity contribution in [1.82, 2.24) is 0 Å². The summed E-state index contributed by atoms with van der Waals surface area (Å²) in [6, 6.07) is 0. The Hall–Kier alpha value is 0.0103. The predicted molar refractivity (Wildman–Crippen MR) is 65.7 cm³/mol. The maximum atomic E-state index is 8.47. The Morgan fingerprint density at radius 1 is 1.07 bits per heavy atom. The first kappa shape index (κ1) is 29.4. The molecule has 4 heteroatoms. The first-order valence-corrected chi connectivity index (χ1v) is 6.01. The molecule has 0 spiro atoms. The predicted octanol–water partition coefficient (Wildman–Crippen LogP) is 4.23. The summed E-state index contributed by atoms with van der Waals surface area (Å²) in [7, 11) is 0. The molecular formula is C11H26N2OTa-4. The summed E-state index contributed by atoms with van der Waals surface area (Å²) < 4.78 is 4.13. The number of carbonyl (C=O) groups excluding carboxylic acids is 1. The molecule has 15 heavy (non-hydrogen) atoms. The fourth-order valence-corrected chi connectivity index (χ4v) is 0. The van der Waals surface area contributed by atoms with Gasteiger partial charge in [-0.1, -0.05) is 0 Å². The van der Waals surface area contributed by atoms with Crippen molar-refractivity contribution in [1.29, 1.82) is 0 Å². The van der Waals surface area contributed by atoms with Gasteiger partial charge in [0.15, 0.2) is 0 Å². The van der Waals surface area contributed by atoms with Crippen molar-refractivity contribution in [3.05, 3.63) is 26.5 Å². The van der Waals surface area contributed by atoms with Crippen LogP contribution in [0.1, 0.15) is 41.5 Å². The van der Waals surface area contributed by atoms with Gasteiger partial charge in [-0.05, 0) is 0 Å². The van der Waals surface area contributed by atoms with Crippen molar-refractivity contribution in [2.24, 2.45) is 3.34 Å². The molecular weight excluding hydrogens is 357 g/mol. The van der Waals surface area contributed by atoms with E-state index in [0.717, 1.165) is 20.9 Å². The van der Waals surface area contributed by atoms with E-state index in [0.29, 0.717) is 0 Å². The van der Waals surface area contributed by atoms with Crippen molar-refractivity contribution in [2.45, 2.75) is 47.1 Å². The Balaban J connectivity index is -0.0000000318. The molecule has 0 fully saturated rings. The van der Waals surface area contributed by atoms with Gasteiger partial charge in [-0.15, -0.1) is 0 Å². The third-order valence-electron chi connectivity index (χ3n) is 0.300. The maximum absolute atomic E-state index is 8.47. The van der Waals surface area contributed by atoms with Gasteiger partial charge in [-0.2, -0.15) is 20.8 Å². The molecule has 0 aromatic carbocycles. The van der Waals surface area contributed by atoms with Gasteiger partial charge in [-0.3, -0.25) is 0 Å². The van der Waals surface area contributed by atoms with Crippen LogP contribution in [0, 0.1) is 20.8 Å². The van der Waals surface area contributed by atoms with Gasteiger partial charge in [0.25, 0.3) is 0 Å². The molecule has 0 heterocycles. The number of hydrogen-bond acceptors (Lipinski definition) is 2. The first-order chi connectivity index (χ1) is 6.97. The summed E-state index contributed by atoms with van der Waals surface area (Å²) in [6.07, 6.45) is 0. The average molecular weight is 383 g/mol. The van der Waals surface area contributed by atoms with Gasteiger partial charge in [0.1, 0.15) is 0 Å². The second-order valence-electron chi connectivity index (χ2n) is 2.39. The van der Waals surface area contributed by atoms with Gasteiger partial charge in [0.05, 0.1) is 0 Å². The van der Waals surface area contributed by atoms with Crippen LogP contribution in [0.3, 0.4) is 0 Å². The molecule has 0 unspecified atom stereocenters. The van der Waals surface area contributed by atoms with E-state index in [1.54, 1.807) is 20.8 Å². The molecule has 95 valence electrons. The summed E-state index contributed by atoms with van der Waals surface area (Å²) in [5.74, 6) is 0. The Morgan fingerprint density at radius 2 is 1.13 bits per heavy atom. The summed E-state index contributed by atoms with van der Waals surface area (Å²) in [6.45, 7) is 21.3. The van der Waals surface area contributed by atoms with Crippen LogP contribution < -0.4 is 0 Å². The number of nitrogens with zero attached hydrogens (tertiary/aromatic N) is 1. The van der Waals surface area contributed by atoms with Crippen molar-refractivity contribution in [2.75, 3.05) is 0 Å². The second-order valence-corrected chi connectivity index (χ2v) is 3.11. The van der Waals surface area contributed by atoms with Crippen LogP contribution in [0.25, 0.3) is 5.73 Å². The van der Waals surface area contributed by atoms with Gasteiger partial charge in [0.2, 0.25) is 0 Å². The molecule has 0 rings (SSSR count). The fourth-order valence-electron chi connectivity index (χ4n) is 0. The standard InChI is InChI=1S/C4H9N.3C2H5.CH3NO.Ta/c1-4(2,3)5;3*1-2;2-1-3;/h1-3H3;3*1H2,2H3;1H,(H2,2,3);/q;3*-1;;/p-1. The van der Waals surface area contributed by atoms with Crippen LogP contribution in [-0.2, 0) is 25.7 Å². The summed E-state index contributed by atoms with van der Waals surface area (Å²) in [4.78, 5) is 8.47. The molecule has 1 amide bonds. The van der Waals surface area contributed by atoms with Crippen LogP contribution in [0.2, 0.25) is 0 Å². The van der Waals surface area contributed by atoms with E-state index in [4.69, 9.17) is 10.5 Å². The Labute approximate surface area is 109 Å². The van der Waals surface area contributed by atoms with Crippen molar-refractivity contribution in [3.8, 4) is 0 Å². The zero-order valence-electron chi connectivity index (χ0n) is 11.0. The summed E-state index contributed by atoms with van der Waals surface area (Å²) in [5, 5.41) is 0. The molecule has 0 aliphatic rings. The van der Waals surface area contributed by atoms with E-state index in [2.05, 4.69) is 44.9 Å². The number of hydrogen-bond donors (Lipinski definition) is 0. The van der Waals surface area contributed by atoms with E-state index in [1.807, 2.05) is 0 Å². The molecule has 0 saturated heterocycles. The minimum absolute atomic E-state index is 0. The average Bonchev–Trinajstić information content (AvgIpc) is 2.27. The largest absolute Gasteiger partial charge is 0.671 e. The molecule has 0 aromatic heterocycles. The van der Waals surface area contributed by atoms with Crippen molar-refractivity contribution < 1.29 is 25.7 Å². The van der Waals surface area contributed by atoms with Crippen molar-refractivity contribution >= 4 is 6.41 Å². The monoisotopic (exact) mass is 383 g/mol. The summed E-state index contributed by atoms with van der Waals surface area (Å²) >= 11 is 1.15. The van der Waals surface area contributed by atoms with Gasteiger partial charge in [-0.25, -0.2) is 0 Å². The number of amides is 1. The molecule has 0 bridgehead atoms. The van der Waals surface area contributed by atoms with E-state index in [-0.39, 0.29) is 11.9 Å². The minimum atomic E-state index is 0. The molecule has 0 aliphatic heterocycles. The van der Waals surface area contributed by atoms with E-state index >= 15 is 0 Å². The van der Waals surface area contributed by atoms with Crippen LogP contribution in [0.5, 0.6) is 0 Å². The van der Waals surface area contributed by atoms with Crippen molar-refractivity contribution in [3.63, 3.8) is 0 Å². The van der Waals surface area contributed by atoms with Crippen LogP contribution in [-0.4, -0.2) is 11.9 Å². The van der Waals surface area contributed by atoms with E-state index in [1.165, 1.54) is 0 Å². The zero-order chi connectivity index (χ0) is 13.9. The van der Waals surface area contributed by atoms with Gasteiger partial charge >= 0.3 is 50.5 Å². The normalized spacial score (nSPS) is 6.40. The molecule has 3 nitrogen and oxygen atoms in total. The minimum Gasteiger partial charge on any atom is -0.671 e. The van der Waals surface area contributed by atoms with Gasteiger partial charge < -0.3 is 31.3 Å². The fraction of sp³-hybridized carbons (Fsp3) is 0.636. The molecule has 0 aromatic rings. The molecule has 1 N–H and O–H groups in total. The smallest absolute Gasteiger partial charge is 0.0344 e. The first-order valence-electron chi connectivity index (χ1n) is 4.57. The van der Waals surface area contributed by atoms with Crippen LogP contribution in [0.15, 0.2) is 3.34 Å². The Morgan fingerprint density at radius 3 is 1.13 bits per heavy atom.